The molecule has 6 rings (SSSR count). The van der Waals surface area contributed by atoms with Gasteiger partial charge in [-0.25, -0.2) is 4.79 Å². The summed E-state index contributed by atoms with van der Waals surface area (Å²) in [5, 5.41) is 2.78. The maximum Gasteiger partial charge on any atom is 0.324 e. The molecule has 4 fully saturated rings. The molecule has 1 aromatic rings. The van der Waals surface area contributed by atoms with Crippen molar-refractivity contribution in [3.8, 4) is 0 Å². The molecule has 7 heteroatoms. The van der Waals surface area contributed by atoms with Crippen LogP contribution in [0.3, 0.4) is 0 Å². The molecule has 4 aliphatic heterocycles. The van der Waals surface area contributed by atoms with Crippen molar-refractivity contribution in [2.45, 2.75) is 69.5 Å². The monoisotopic (exact) mass is 476 g/mol. The van der Waals surface area contributed by atoms with E-state index in [-0.39, 0.29) is 30.3 Å². The number of nitrogens with zero attached hydrogens (tertiary/aromatic N) is 3. The largest absolute Gasteiger partial charge is 0.336 e. The Bertz CT molecular complexity index is 1020. The molecule has 5 unspecified atom stereocenters. The van der Waals surface area contributed by atoms with Crippen LogP contribution < -0.4 is 5.32 Å². The lowest BCUT2D eigenvalue weighted by Crippen LogP contribution is -2.60. The van der Waals surface area contributed by atoms with Crippen LogP contribution in [0.1, 0.15) is 50.5 Å². The zero-order chi connectivity index (χ0) is 23.9. The summed E-state index contributed by atoms with van der Waals surface area (Å²) in [5.41, 5.74) is 2.53. The van der Waals surface area contributed by atoms with Crippen molar-refractivity contribution in [3.63, 3.8) is 0 Å². The van der Waals surface area contributed by atoms with E-state index in [1.807, 2.05) is 35.2 Å². The van der Waals surface area contributed by atoms with Crippen LogP contribution in [0.15, 0.2) is 42.0 Å². The summed E-state index contributed by atoms with van der Waals surface area (Å²) in [5.74, 6) is 0.840. The molecule has 4 saturated heterocycles. The van der Waals surface area contributed by atoms with Gasteiger partial charge in [0.1, 0.15) is 6.04 Å². The Morgan fingerprint density at radius 1 is 1.06 bits per heavy atom. The van der Waals surface area contributed by atoms with E-state index in [1.165, 1.54) is 42.7 Å². The number of amides is 4. The maximum absolute atomic E-state index is 13.6. The van der Waals surface area contributed by atoms with Crippen LogP contribution in [-0.2, 0) is 16.0 Å². The van der Waals surface area contributed by atoms with Gasteiger partial charge >= 0.3 is 6.03 Å². The molecule has 2 bridgehead atoms. The average molecular weight is 477 g/mol. The van der Waals surface area contributed by atoms with Gasteiger partial charge in [0, 0.05) is 25.7 Å². The molecule has 7 nitrogen and oxygen atoms in total. The summed E-state index contributed by atoms with van der Waals surface area (Å²) in [6.07, 6.45) is 10.3. The zero-order valence-electron chi connectivity index (χ0n) is 20.4. The second-order valence-corrected chi connectivity index (χ2v) is 11.0. The molecule has 0 aromatic heterocycles. The Kier molecular flexibility index (Phi) is 6.13. The fourth-order valence-electron chi connectivity index (χ4n) is 7.36. The molecule has 0 spiro atoms. The molecule has 1 aliphatic carbocycles. The molecule has 0 radical (unpaired) electrons. The molecule has 1 aromatic carbocycles. The van der Waals surface area contributed by atoms with Crippen LogP contribution in [0.2, 0.25) is 0 Å². The van der Waals surface area contributed by atoms with Gasteiger partial charge < -0.3 is 10.2 Å². The number of benzene rings is 1. The highest BCUT2D eigenvalue weighted by Crippen LogP contribution is 2.45. The Morgan fingerprint density at radius 3 is 2.77 bits per heavy atom. The van der Waals surface area contributed by atoms with E-state index in [4.69, 9.17) is 0 Å². The minimum absolute atomic E-state index is 0.00313. The van der Waals surface area contributed by atoms with Crippen molar-refractivity contribution in [1.29, 1.82) is 0 Å². The Morgan fingerprint density at radius 2 is 1.91 bits per heavy atom. The third kappa shape index (κ3) is 4.28. The highest BCUT2D eigenvalue weighted by Gasteiger charge is 2.48. The van der Waals surface area contributed by atoms with Gasteiger partial charge in [-0.05, 0) is 62.5 Å². The molecule has 1 N–H and O–H groups in total. The van der Waals surface area contributed by atoms with Crippen molar-refractivity contribution in [2.24, 2.45) is 11.8 Å². The minimum atomic E-state index is -0.755. The highest BCUT2D eigenvalue weighted by atomic mass is 16.2. The van der Waals surface area contributed by atoms with Crippen LogP contribution in [0.25, 0.3) is 0 Å². The number of likely N-dealkylation sites (tertiary alicyclic amines) is 1. The minimum Gasteiger partial charge on any atom is -0.336 e. The third-order valence-electron chi connectivity index (χ3n) is 8.93. The standard InChI is InChI=1S/C28H36N4O3/c33-25(17-23-27(34)32(28(35)29-23)14-11-19-7-2-1-3-8-19)31-13-6-9-20-15-21-16-22(26(20)31)18-30-12-5-4-10-24(21)30/h1-3,7-8,15,21-24,26H,4-6,9-14,16-18H2,(H,29,35). The van der Waals surface area contributed by atoms with Gasteiger partial charge in [-0.3, -0.25) is 19.4 Å². The second kappa shape index (κ2) is 9.41. The van der Waals surface area contributed by atoms with Crippen molar-refractivity contribution < 1.29 is 14.4 Å². The van der Waals surface area contributed by atoms with Gasteiger partial charge in [-0.15, -0.1) is 0 Å². The number of fused-ring (bicyclic) bond motifs is 6. The van der Waals surface area contributed by atoms with Crippen LogP contribution in [0.4, 0.5) is 4.79 Å². The summed E-state index contributed by atoms with van der Waals surface area (Å²) in [6, 6.07) is 9.56. The number of carbonyl (C=O) groups excluding carboxylic acids is 3. The fourth-order valence-corrected chi connectivity index (χ4v) is 7.36. The van der Waals surface area contributed by atoms with Gasteiger partial charge in [0.25, 0.3) is 5.91 Å². The first kappa shape index (κ1) is 22.8. The second-order valence-electron chi connectivity index (χ2n) is 11.0. The summed E-state index contributed by atoms with van der Waals surface area (Å²) in [7, 11) is 0. The molecular weight excluding hydrogens is 440 g/mol. The van der Waals surface area contributed by atoms with Gasteiger partial charge in [0.2, 0.25) is 5.91 Å². The molecule has 0 saturated carbocycles. The molecule has 35 heavy (non-hydrogen) atoms. The van der Waals surface area contributed by atoms with E-state index in [9.17, 15) is 14.4 Å². The topological polar surface area (TPSA) is 73.0 Å². The first-order chi connectivity index (χ1) is 17.1. The van der Waals surface area contributed by atoms with Crippen molar-refractivity contribution in [2.75, 3.05) is 26.2 Å². The van der Waals surface area contributed by atoms with Crippen LogP contribution in [0.5, 0.6) is 0 Å². The lowest BCUT2D eigenvalue weighted by molar-refractivity contribution is -0.139. The van der Waals surface area contributed by atoms with E-state index >= 15 is 0 Å². The van der Waals surface area contributed by atoms with E-state index in [0.29, 0.717) is 30.8 Å². The average Bonchev–Trinajstić information content (AvgIpc) is 3.14. The Hall–Kier alpha value is -2.67. The number of nitrogens with one attached hydrogen (secondary N) is 1. The Labute approximate surface area is 207 Å². The van der Waals surface area contributed by atoms with E-state index in [2.05, 4.69) is 16.3 Å². The zero-order valence-corrected chi connectivity index (χ0v) is 20.4. The maximum atomic E-state index is 13.6. The SMILES string of the molecule is O=C1NC(CC(=O)N2CCCC3=CC4CC(CN5CCCCC45)C32)C(=O)N1CCc1ccccc1. The van der Waals surface area contributed by atoms with E-state index < -0.39 is 6.04 Å². The quantitative estimate of drug-likeness (QED) is 0.524. The van der Waals surface area contributed by atoms with E-state index in [0.717, 1.165) is 31.5 Å². The lowest BCUT2D eigenvalue weighted by Gasteiger charge is -2.54. The number of carbonyl (C=O) groups is 3. The number of hydrogen-bond acceptors (Lipinski definition) is 4. The fraction of sp³-hybridized carbons (Fsp3) is 0.607. The van der Waals surface area contributed by atoms with Gasteiger partial charge in [-0.1, -0.05) is 48.4 Å². The molecular formula is C28H36N4O3. The van der Waals surface area contributed by atoms with E-state index in [1.54, 1.807) is 0 Å². The highest BCUT2D eigenvalue weighted by molar-refractivity contribution is 6.05. The summed E-state index contributed by atoms with van der Waals surface area (Å²) < 4.78 is 0. The predicted molar refractivity (Wildman–Crippen MR) is 132 cm³/mol. The summed E-state index contributed by atoms with van der Waals surface area (Å²) >= 11 is 0. The predicted octanol–water partition coefficient (Wildman–Crippen LogP) is 2.96. The third-order valence-corrected chi connectivity index (χ3v) is 8.93. The normalized spacial score (nSPS) is 32.6. The number of urea groups is 1. The first-order valence-electron chi connectivity index (χ1n) is 13.5. The molecule has 5 atom stereocenters. The molecule has 4 heterocycles. The Balaban J connectivity index is 1.12. The number of rotatable bonds is 5. The van der Waals surface area contributed by atoms with Gasteiger partial charge in [0.05, 0.1) is 12.5 Å². The number of piperidine rings is 3. The van der Waals surface area contributed by atoms with Crippen molar-refractivity contribution >= 4 is 17.8 Å². The van der Waals surface area contributed by atoms with Gasteiger partial charge in [0.15, 0.2) is 0 Å². The lowest BCUT2D eigenvalue weighted by atomic mass is 9.68. The summed E-state index contributed by atoms with van der Waals surface area (Å²) in [6.45, 7) is 3.35. The summed E-state index contributed by atoms with van der Waals surface area (Å²) in [4.78, 5) is 45.1. The van der Waals surface area contributed by atoms with Crippen molar-refractivity contribution in [3.05, 3.63) is 47.5 Å². The van der Waals surface area contributed by atoms with Gasteiger partial charge in [-0.2, -0.15) is 0 Å². The smallest absolute Gasteiger partial charge is 0.324 e. The molecule has 5 aliphatic rings. The first-order valence-corrected chi connectivity index (χ1v) is 13.5. The van der Waals surface area contributed by atoms with Crippen molar-refractivity contribution in [1.82, 2.24) is 20.0 Å². The molecule has 4 amide bonds. The van der Waals surface area contributed by atoms with Crippen LogP contribution in [-0.4, -0.2) is 76.8 Å². The van der Waals surface area contributed by atoms with Crippen LogP contribution >= 0.6 is 0 Å². The number of imide groups is 1. The number of hydrogen-bond donors (Lipinski definition) is 1. The molecule has 186 valence electrons. The van der Waals surface area contributed by atoms with Crippen LogP contribution in [0, 0.1) is 11.8 Å².